The van der Waals surface area contributed by atoms with Gasteiger partial charge in [-0.15, -0.1) is 0 Å². The van der Waals surface area contributed by atoms with E-state index in [4.69, 9.17) is 33.5 Å². The monoisotopic (exact) mass is 476 g/mol. The average Bonchev–Trinajstić information content (AvgIpc) is 2.76. The summed E-state index contributed by atoms with van der Waals surface area (Å²) in [6.07, 6.45) is 1.10. The number of nitrogens with two attached hydrogens (primary N) is 3. The van der Waals surface area contributed by atoms with Crippen LogP contribution in [0.2, 0.25) is 5.02 Å². The molecule has 0 bridgehead atoms. The smallest absolute Gasteiger partial charge is 0.310 e. The first-order chi connectivity index (χ1) is 15.7. The molecular formula is C21H25ClN6O5. The largest absolute Gasteiger partial charge is 0.486 e. The van der Waals surface area contributed by atoms with E-state index in [0.717, 1.165) is 5.56 Å². The van der Waals surface area contributed by atoms with Crippen molar-refractivity contribution >= 4 is 35.1 Å². The first-order valence-electron chi connectivity index (χ1n) is 9.98. The maximum atomic E-state index is 12.6. The second kappa shape index (κ2) is 12.2. The van der Waals surface area contributed by atoms with E-state index in [-0.39, 0.29) is 42.5 Å². The molecule has 12 heteroatoms. The van der Waals surface area contributed by atoms with Crippen LogP contribution >= 0.6 is 11.6 Å². The van der Waals surface area contributed by atoms with Crippen molar-refractivity contribution in [1.29, 1.82) is 0 Å². The molecular weight excluding hydrogens is 452 g/mol. The van der Waals surface area contributed by atoms with E-state index in [2.05, 4.69) is 10.3 Å². The van der Waals surface area contributed by atoms with Gasteiger partial charge in [0.15, 0.2) is 11.7 Å². The lowest BCUT2D eigenvalue weighted by Gasteiger charge is -2.15. The number of hydrogen-bond acceptors (Lipinski definition) is 6. The Hall–Kier alpha value is -3.86. The SMILES string of the molecule is NC(=O)[C@H](CCCN=C(N)N)NC(=O)c1ccc([N+](=O)[O-])c(OCCc2ccc(Cl)cc2)c1. The molecule has 2 rings (SSSR count). The van der Waals surface area contributed by atoms with Gasteiger partial charge in [-0.3, -0.25) is 24.7 Å². The molecule has 176 valence electrons. The van der Waals surface area contributed by atoms with Crippen molar-refractivity contribution < 1.29 is 19.2 Å². The van der Waals surface area contributed by atoms with Crippen LogP contribution in [-0.2, 0) is 11.2 Å². The standard InChI is InChI=1S/C21H25ClN6O5/c22-15-6-3-13(4-7-15)9-11-33-18-12-14(5-8-17(18)28(31)32)20(30)27-16(19(23)29)2-1-10-26-21(24)25/h3-8,12,16H,1-2,9-11H2,(H2,23,29)(H,27,30)(H4,24,25,26)/t16-/m0/s1. The van der Waals surface area contributed by atoms with Crippen LogP contribution in [0.3, 0.4) is 0 Å². The van der Waals surface area contributed by atoms with Crippen molar-refractivity contribution in [3.05, 3.63) is 68.7 Å². The van der Waals surface area contributed by atoms with Crippen molar-refractivity contribution in [2.75, 3.05) is 13.2 Å². The highest BCUT2D eigenvalue weighted by Crippen LogP contribution is 2.28. The zero-order chi connectivity index (χ0) is 24.4. The second-order valence-electron chi connectivity index (χ2n) is 7.04. The predicted octanol–water partition coefficient (Wildman–Crippen LogP) is 1.51. The third kappa shape index (κ3) is 8.30. The van der Waals surface area contributed by atoms with Gasteiger partial charge < -0.3 is 27.3 Å². The maximum Gasteiger partial charge on any atom is 0.310 e. The number of ether oxygens (including phenoxy) is 1. The molecule has 1 atom stereocenters. The van der Waals surface area contributed by atoms with Crippen LogP contribution in [0.15, 0.2) is 47.5 Å². The van der Waals surface area contributed by atoms with E-state index in [1.54, 1.807) is 12.1 Å². The molecule has 0 aliphatic carbocycles. The molecule has 2 aromatic carbocycles. The van der Waals surface area contributed by atoms with Gasteiger partial charge in [-0.05, 0) is 36.6 Å². The minimum absolute atomic E-state index is 0.0648. The Morgan fingerprint density at radius 2 is 1.85 bits per heavy atom. The van der Waals surface area contributed by atoms with Gasteiger partial charge in [0.25, 0.3) is 5.91 Å². The lowest BCUT2D eigenvalue weighted by Crippen LogP contribution is -2.44. The number of aliphatic imine (C=N–C) groups is 1. The molecule has 11 nitrogen and oxygen atoms in total. The van der Waals surface area contributed by atoms with E-state index < -0.39 is 22.8 Å². The summed E-state index contributed by atoms with van der Waals surface area (Å²) < 4.78 is 5.59. The molecule has 0 aromatic heterocycles. The summed E-state index contributed by atoms with van der Waals surface area (Å²) in [6, 6.07) is 9.85. The number of guanidine groups is 1. The highest BCUT2D eigenvalue weighted by Gasteiger charge is 2.22. The van der Waals surface area contributed by atoms with E-state index in [0.29, 0.717) is 17.9 Å². The van der Waals surface area contributed by atoms with Crippen molar-refractivity contribution in [3.63, 3.8) is 0 Å². The number of halogens is 1. The topological polar surface area (TPSA) is 189 Å². The summed E-state index contributed by atoms with van der Waals surface area (Å²) in [4.78, 5) is 38.9. The van der Waals surface area contributed by atoms with Gasteiger partial charge in [0.1, 0.15) is 6.04 Å². The number of nitrogens with one attached hydrogen (secondary N) is 1. The van der Waals surface area contributed by atoms with Crippen LogP contribution in [-0.4, -0.2) is 41.9 Å². The molecule has 0 saturated heterocycles. The van der Waals surface area contributed by atoms with Crippen LogP contribution in [0.5, 0.6) is 5.75 Å². The fourth-order valence-electron chi connectivity index (χ4n) is 2.88. The van der Waals surface area contributed by atoms with Gasteiger partial charge in [-0.1, -0.05) is 23.7 Å². The van der Waals surface area contributed by atoms with Crippen molar-refractivity contribution in [3.8, 4) is 5.75 Å². The summed E-state index contributed by atoms with van der Waals surface area (Å²) in [5.41, 5.74) is 16.6. The molecule has 0 aliphatic heterocycles. The molecule has 0 heterocycles. The lowest BCUT2D eigenvalue weighted by molar-refractivity contribution is -0.385. The van der Waals surface area contributed by atoms with Crippen LogP contribution in [0, 0.1) is 10.1 Å². The van der Waals surface area contributed by atoms with Crippen LogP contribution < -0.4 is 27.3 Å². The molecule has 7 N–H and O–H groups in total. The zero-order valence-corrected chi connectivity index (χ0v) is 18.5. The Kier molecular flexibility index (Phi) is 9.43. The van der Waals surface area contributed by atoms with E-state index in [1.807, 2.05) is 12.1 Å². The maximum absolute atomic E-state index is 12.6. The fourth-order valence-corrected chi connectivity index (χ4v) is 3.01. The lowest BCUT2D eigenvalue weighted by atomic mass is 10.1. The number of nitro benzene ring substituents is 1. The molecule has 0 saturated carbocycles. The number of hydrogen-bond donors (Lipinski definition) is 4. The molecule has 2 amide bonds. The second-order valence-corrected chi connectivity index (χ2v) is 7.48. The Bertz CT molecular complexity index is 1020. The number of rotatable bonds is 12. The number of primary amides is 1. The third-order valence-electron chi connectivity index (χ3n) is 4.57. The van der Waals surface area contributed by atoms with Crippen molar-refractivity contribution in [2.45, 2.75) is 25.3 Å². The van der Waals surface area contributed by atoms with Crippen LogP contribution in [0.1, 0.15) is 28.8 Å². The van der Waals surface area contributed by atoms with E-state index in [9.17, 15) is 19.7 Å². The first-order valence-corrected chi connectivity index (χ1v) is 10.4. The Labute approximate surface area is 195 Å². The van der Waals surface area contributed by atoms with Gasteiger partial charge in [-0.25, -0.2) is 0 Å². The Balaban J connectivity index is 2.07. The van der Waals surface area contributed by atoms with Gasteiger partial charge in [-0.2, -0.15) is 0 Å². The number of benzene rings is 2. The normalized spacial score (nSPS) is 11.3. The Morgan fingerprint density at radius 3 is 2.45 bits per heavy atom. The van der Waals surface area contributed by atoms with Crippen LogP contribution in [0.25, 0.3) is 0 Å². The zero-order valence-electron chi connectivity index (χ0n) is 17.7. The Morgan fingerprint density at radius 1 is 1.15 bits per heavy atom. The quantitative estimate of drug-likeness (QED) is 0.117. The van der Waals surface area contributed by atoms with E-state index in [1.165, 1.54) is 18.2 Å². The molecule has 0 aliphatic rings. The fraction of sp³-hybridized carbons (Fsp3) is 0.286. The van der Waals surface area contributed by atoms with Crippen LogP contribution in [0.4, 0.5) is 5.69 Å². The van der Waals surface area contributed by atoms with Gasteiger partial charge in [0.2, 0.25) is 5.91 Å². The van der Waals surface area contributed by atoms with Gasteiger partial charge >= 0.3 is 5.69 Å². The minimum atomic E-state index is -0.962. The van der Waals surface area contributed by atoms with Crippen molar-refractivity contribution in [2.24, 2.45) is 22.2 Å². The highest BCUT2D eigenvalue weighted by atomic mass is 35.5. The number of amides is 2. The summed E-state index contributed by atoms with van der Waals surface area (Å²) >= 11 is 5.86. The molecule has 0 spiro atoms. The summed E-state index contributed by atoms with van der Waals surface area (Å²) in [7, 11) is 0. The van der Waals surface area contributed by atoms with E-state index >= 15 is 0 Å². The van der Waals surface area contributed by atoms with Gasteiger partial charge in [0.05, 0.1) is 11.5 Å². The highest BCUT2D eigenvalue weighted by molar-refractivity contribution is 6.30. The number of carbonyl (C=O) groups is 2. The summed E-state index contributed by atoms with van der Waals surface area (Å²) in [6.45, 7) is 0.410. The van der Waals surface area contributed by atoms with Crippen molar-refractivity contribution in [1.82, 2.24) is 5.32 Å². The third-order valence-corrected chi connectivity index (χ3v) is 4.83. The molecule has 33 heavy (non-hydrogen) atoms. The summed E-state index contributed by atoms with van der Waals surface area (Å²) in [5, 5.41) is 14.5. The number of carbonyl (C=O) groups excluding carboxylic acids is 2. The average molecular weight is 477 g/mol. The molecule has 0 fully saturated rings. The predicted molar refractivity (Wildman–Crippen MR) is 124 cm³/mol. The van der Waals surface area contributed by atoms with Gasteiger partial charge in [0, 0.05) is 35.7 Å². The minimum Gasteiger partial charge on any atom is -0.486 e. The number of nitro groups is 1. The molecule has 0 radical (unpaired) electrons. The molecule has 2 aromatic rings. The summed E-state index contributed by atoms with van der Waals surface area (Å²) in [5.74, 6) is -1.50. The number of nitrogens with zero attached hydrogens (tertiary/aromatic N) is 2. The molecule has 0 unspecified atom stereocenters. The first kappa shape index (κ1) is 25.4.